The Labute approximate surface area is 102 Å². The van der Waals surface area contributed by atoms with E-state index in [4.69, 9.17) is 4.74 Å². The van der Waals surface area contributed by atoms with E-state index < -0.39 is 6.10 Å². The van der Waals surface area contributed by atoms with Gasteiger partial charge in [0.2, 0.25) is 5.88 Å². The summed E-state index contributed by atoms with van der Waals surface area (Å²) in [6.45, 7) is 0. The first-order valence-electron chi connectivity index (χ1n) is 4.94. The van der Waals surface area contributed by atoms with Crippen molar-refractivity contribution in [2.24, 2.45) is 0 Å². The molecule has 0 fully saturated rings. The summed E-state index contributed by atoms with van der Waals surface area (Å²) in [7, 11) is 1.58. The van der Waals surface area contributed by atoms with E-state index in [-0.39, 0.29) is 0 Å². The molecule has 0 radical (unpaired) electrons. The van der Waals surface area contributed by atoms with Crippen molar-refractivity contribution in [1.82, 2.24) is 4.98 Å². The summed E-state index contributed by atoms with van der Waals surface area (Å²) >= 11 is 3.26. The molecule has 1 atom stereocenters. The van der Waals surface area contributed by atoms with Crippen molar-refractivity contribution >= 4 is 26.8 Å². The van der Waals surface area contributed by atoms with Crippen molar-refractivity contribution in [2.75, 3.05) is 12.4 Å². The predicted octanol–water partition coefficient (Wildman–Crippen LogP) is 2.67. The Bertz CT molecular complexity index is 501. The predicted molar refractivity (Wildman–Crippen MR) is 67.0 cm³/mol. The SMILES string of the molecule is COc1ccc2cccc(C(O)CBr)c2n1. The molecule has 0 aliphatic heterocycles. The summed E-state index contributed by atoms with van der Waals surface area (Å²) in [5, 5.41) is 11.4. The Kier molecular flexibility index (Phi) is 3.41. The number of hydrogen-bond acceptors (Lipinski definition) is 3. The van der Waals surface area contributed by atoms with Crippen molar-refractivity contribution in [3.05, 3.63) is 35.9 Å². The number of ether oxygens (including phenoxy) is 1. The summed E-state index contributed by atoms with van der Waals surface area (Å²) in [5.74, 6) is 0.557. The van der Waals surface area contributed by atoms with Crippen LogP contribution in [0.2, 0.25) is 0 Å². The van der Waals surface area contributed by atoms with Crippen LogP contribution in [0.4, 0.5) is 0 Å². The van der Waals surface area contributed by atoms with Gasteiger partial charge in [0.1, 0.15) is 0 Å². The van der Waals surface area contributed by atoms with Gasteiger partial charge < -0.3 is 9.84 Å². The average molecular weight is 282 g/mol. The maximum atomic E-state index is 9.86. The van der Waals surface area contributed by atoms with Gasteiger partial charge >= 0.3 is 0 Å². The number of para-hydroxylation sites is 1. The number of pyridine rings is 1. The molecule has 3 nitrogen and oxygen atoms in total. The molecule has 1 aromatic heterocycles. The normalized spacial score (nSPS) is 12.7. The van der Waals surface area contributed by atoms with Crippen molar-refractivity contribution in [3.63, 3.8) is 0 Å². The highest BCUT2D eigenvalue weighted by molar-refractivity contribution is 9.09. The zero-order chi connectivity index (χ0) is 11.5. The quantitative estimate of drug-likeness (QED) is 0.880. The van der Waals surface area contributed by atoms with Gasteiger partial charge in [-0.1, -0.05) is 34.1 Å². The monoisotopic (exact) mass is 281 g/mol. The zero-order valence-electron chi connectivity index (χ0n) is 8.85. The molecule has 2 aromatic rings. The summed E-state index contributed by atoms with van der Waals surface area (Å²) in [6.07, 6.45) is -0.552. The molecule has 0 saturated heterocycles. The highest BCUT2D eigenvalue weighted by Gasteiger charge is 2.11. The molecular weight excluding hydrogens is 270 g/mol. The van der Waals surface area contributed by atoms with Crippen LogP contribution in [0.25, 0.3) is 10.9 Å². The number of benzene rings is 1. The van der Waals surface area contributed by atoms with Gasteiger partial charge in [-0.05, 0) is 6.07 Å². The molecular formula is C12H12BrNO2. The highest BCUT2D eigenvalue weighted by atomic mass is 79.9. The van der Waals surface area contributed by atoms with Gasteiger partial charge in [-0.2, -0.15) is 0 Å². The lowest BCUT2D eigenvalue weighted by Crippen LogP contribution is -2.00. The maximum absolute atomic E-state index is 9.86. The number of aliphatic hydroxyl groups excluding tert-OH is 1. The third kappa shape index (κ3) is 2.03. The third-order valence-electron chi connectivity index (χ3n) is 2.44. The van der Waals surface area contributed by atoms with E-state index in [1.807, 2.05) is 30.3 Å². The van der Waals surface area contributed by atoms with Crippen LogP contribution in [-0.4, -0.2) is 22.5 Å². The summed E-state index contributed by atoms with van der Waals surface area (Å²) < 4.78 is 5.09. The van der Waals surface area contributed by atoms with E-state index in [1.165, 1.54) is 0 Å². The number of rotatable bonds is 3. The highest BCUT2D eigenvalue weighted by Crippen LogP contribution is 2.25. The Balaban J connectivity index is 2.64. The topological polar surface area (TPSA) is 42.4 Å². The summed E-state index contributed by atoms with van der Waals surface area (Å²) in [4.78, 5) is 4.36. The van der Waals surface area contributed by atoms with Crippen LogP contribution in [-0.2, 0) is 0 Å². The van der Waals surface area contributed by atoms with E-state index in [1.54, 1.807) is 7.11 Å². The van der Waals surface area contributed by atoms with Crippen LogP contribution in [0.3, 0.4) is 0 Å². The van der Waals surface area contributed by atoms with Gasteiger partial charge in [-0.3, -0.25) is 0 Å². The molecule has 1 N–H and O–H groups in total. The lowest BCUT2D eigenvalue weighted by atomic mass is 10.1. The molecule has 1 unspecified atom stereocenters. The molecule has 0 bridgehead atoms. The molecule has 4 heteroatoms. The fraction of sp³-hybridized carbons (Fsp3) is 0.250. The second-order valence-corrected chi connectivity index (χ2v) is 4.09. The van der Waals surface area contributed by atoms with Crippen LogP contribution in [0.15, 0.2) is 30.3 Å². The molecule has 1 aromatic carbocycles. The van der Waals surface area contributed by atoms with Crippen LogP contribution in [0.1, 0.15) is 11.7 Å². The van der Waals surface area contributed by atoms with Gasteiger partial charge in [0.05, 0.1) is 18.7 Å². The van der Waals surface area contributed by atoms with Crippen LogP contribution in [0.5, 0.6) is 5.88 Å². The van der Waals surface area contributed by atoms with E-state index in [9.17, 15) is 5.11 Å². The number of fused-ring (bicyclic) bond motifs is 1. The molecule has 0 aliphatic carbocycles. The number of aliphatic hydroxyl groups is 1. The Hall–Kier alpha value is -1.13. The van der Waals surface area contributed by atoms with E-state index in [2.05, 4.69) is 20.9 Å². The van der Waals surface area contributed by atoms with Gasteiger partial charge in [0.25, 0.3) is 0 Å². The smallest absolute Gasteiger partial charge is 0.213 e. The first-order chi connectivity index (χ1) is 7.76. The summed E-state index contributed by atoms with van der Waals surface area (Å²) in [5.41, 5.74) is 1.60. The third-order valence-corrected chi connectivity index (χ3v) is 3.05. The van der Waals surface area contributed by atoms with Crippen LogP contribution >= 0.6 is 15.9 Å². The number of halogens is 1. The fourth-order valence-electron chi connectivity index (χ4n) is 1.62. The first-order valence-corrected chi connectivity index (χ1v) is 6.06. The number of nitrogens with zero attached hydrogens (tertiary/aromatic N) is 1. The Morgan fingerprint density at radius 1 is 1.38 bits per heavy atom. The minimum atomic E-state index is -0.552. The lowest BCUT2D eigenvalue weighted by Gasteiger charge is -2.10. The lowest BCUT2D eigenvalue weighted by molar-refractivity contribution is 0.207. The Morgan fingerprint density at radius 3 is 2.88 bits per heavy atom. The van der Waals surface area contributed by atoms with Gasteiger partial charge in [-0.15, -0.1) is 0 Å². The van der Waals surface area contributed by atoms with E-state index in [0.717, 1.165) is 16.5 Å². The molecule has 1 heterocycles. The second-order valence-electron chi connectivity index (χ2n) is 3.44. The number of alkyl halides is 1. The van der Waals surface area contributed by atoms with Crippen LogP contribution < -0.4 is 4.74 Å². The molecule has 16 heavy (non-hydrogen) atoms. The maximum Gasteiger partial charge on any atom is 0.213 e. The Morgan fingerprint density at radius 2 is 2.19 bits per heavy atom. The molecule has 0 aliphatic rings. The van der Waals surface area contributed by atoms with E-state index >= 15 is 0 Å². The average Bonchev–Trinajstić information content (AvgIpc) is 2.36. The molecule has 0 saturated carbocycles. The van der Waals surface area contributed by atoms with E-state index in [0.29, 0.717) is 11.2 Å². The van der Waals surface area contributed by atoms with Gasteiger partial charge in [0.15, 0.2) is 0 Å². The largest absolute Gasteiger partial charge is 0.481 e. The van der Waals surface area contributed by atoms with Crippen molar-refractivity contribution in [2.45, 2.75) is 6.10 Å². The number of aromatic nitrogens is 1. The van der Waals surface area contributed by atoms with Gasteiger partial charge in [0, 0.05) is 22.3 Å². The molecule has 84 valence electrons. The standard InChI is InChI=1S/C12H12BrNO2/c1-16-11-6-5-8-3-2-4-9(10(15)7-13)12(8)14-11/h2-6,10,15H,7H2,1H3. The fourth-order valence-corrected chi connectivity index (χ4v) is 1.97. The minimum absolute atomic E-state index is 0.491. The molecule has 0 spiro atoms. The van der Waals surface area contributed by atoms with Crippen molar-refractivity contribution in [3.8, 4) is 5.88 Å². The molecule has 2 rings (SSSR count). The van der Waals surface area contributed by atoms with Gasteiger partial charge in [-0.25, -0.2) is 4.98 Å². The first kappa shape index (κ1) is 11.4. The minimum Gasteiger partial charge on any atom is -0.481 e. The second kappa shape index (κ2) is 4.80. The zero-order valence-corrected chi connectivity index (χ0v) is 10.4. The summed E-state index contributed by atoms with van der Waals surface area (Å²) in [6, 6.07) is 9.50. The van der Waals surface area contributed by atoms with Crippen molar-refractivity contribution < 1.29 is 9.84 Å². The number of methoxy groups -OCH3 is 1. The van der Waals surface area contributed by atoms with Crippen molar-refractivity contribution in [1.29, 1.82) is 0 Å². The van der Waals surface area contributed by atoms with Crippen LogP contribution in [0, 0.1) is 0 Å². The number of hydrogen-bond donors (Lipinski definition) is 1. The molecule has 0 amide bonds.